The minimum atomic E-state index is 0.327. The van der Waals surface area contributed by atoms with Crippen molar-refractivity contribution in [3.8, 4) is 0 Å². The van der Waals surface area contributed by atoms with Gasteiger partial charge < -0.3 is 5.73 Å². The molecule has 2 N–H and O–H groups in total. The zero-order valence-electron chi connectivity index (χ0n) is 12.5. The Balaban J connectivity index is 1.98. The highest BCUT2D eigenvalue weighted by Crippen LogP contribution is 2.39. The summed E-state index contributed by atoms with van der Waals surface area (Å²) in [5.41, 5.74) is 6.52. The van der Waals surface area contributed by atoms with Crippen molar-refractivity contribution in [3.63, 3.8) is 0 Å². The maximum atomic E-state index is 6.19. The molecule has 0 aromatic carbocycles. The predicted octanol–water partition coefficient (Wildman–Crippen LogP) is 3.55. The van der Waals surface area contributed by atoms with E-state index < -0.39 is 0 Å². The van der Waals surface area contributed by atoms with Crippen LogP contribution in [0.5, 0.6) is 0 Å². The summed E-state index contributed by atoms with van der Waals surface area (Å²) in [6.07, 6.45) is 13.9. The second-order valence-electron chi connectivity index (χ2n) is 6.68. The van der Waals surface area contributed by atoms with Crippen LogP contribution in [0.15, 0.2) is 0 Å². The van der Waals surface area contributed by atoms with Gasteiger partial charge in [-0.05, 0) is 51.5 Å². The number of nitrogens with two attached hydrogens (primary N) is 1. The fourth-order valence-electron chi connectivity index (χ4n) is 4.18. The molecule has 0 aliphatic heterocycles. The van der Waals surface area contributed by atoms with E-state index in [4.69, 9.17) is 5.73 Å². The standard InChI is InChI=1S/C16H32N2/c1-3-14-9-11-16(13-17,12-10-14)18(2)15-7-5-4-6-8-15/h14-15H,3-13,17H2,1-2H3. The fraction of sp³-hybridized carbons (Fsp3) is 1.00. The first-order valence-electron chi connectivity index (χ1n) is 8.15. The minimum Gasteiger partial charge on any atom is -0.329 e. The molecule has 2 saturated carbocycles. The molecule has 0 spiro atoms. The summed E-state index contributed by atoms with van der Waals surface area (Å²) < 4.78 is 0. The Labute approximate surface area is 113 Å². The molecular formula is C16H32N2. The number of hydrogen-bond donors (Lipinski definition) is 1. The minimum absolute atomic E-state index is 0.327. The molecule has 2 fully saturated rings. The van der Waals surface area contributed by atoms with Crippen molar-refractivity contribution in [1.82, 2.24) is 4.90 Å². The van der Waals surface area contributed by atoms with E-state index in [0.29, 0.717) is 5.54 Å². The molecule has 2 aliphatic rings. The number of likely N-dealkylation sites (N-methyl/N-ethyl adjacent to an activating group) is 1. The third-order valence-corrected chi connectivity index (χ3v) is 5.86. The zero-order chi connectivity index (χ0) is 13.0. The second-order valence-corrected chi connectivity index (χ2v) is 6.68. The second kappa shape index (κ2) is 6.38. The third-order valence-electron chi connectivity index (χ3n) is 5.86. The zero-order valence-corrected chi connectivity index (χ0v) is 12.5. The van der Waals surface area contributed by atoms with Gasteiger partial charge in [0.05, 0.1) is 0 Å². The van der Waals surface area contributed by atoms with Crippen LogP contribution in [0.3, 0.4) is 0 Å². The molecule has 0 aromatic heterocycles. The molecule has 106 valence electrons. The first-order chi connectivity index (χ1) is 8.72. The van der Waals surface area contributed by atoms with Gasteiger partial charge in [0.1, 0.15) is 0 Å². The molecule has 0 saturated heterocycles. The molecule has 18 heavy (non-hydrogen) atoms. The highest BCUT2D eigenvalue weighted by molar-refractivity contribution is 4.97. The van der Waals surface area contributed by atoms with Crippen LogP contribution in [-0.4, -0.2) is 30.1 Å². The fourth-order valence-corrected chi connectivity index (χ4v) is 4.18. The van der Waals surface area contributed by atoms with Gasteiger partial charge in [-0.2, -0.15) is 0 Å². The summed E-state index contributed by atoms with van der Waals surface area (Å²) in [5.74, 6) is 0.962. The first-order valence-corrected chi connectivity index (χ1v) is 8.15. The van der Waals surface area contributed by atoms with Crippen molar-refractivity contribution in [1.29, 1.82) is 0 Å². The molecule has 0 radical (unpaired) electrons. The smallest absolute Gasteiger partial charge is 0.0331 e. The van der Waals surface area contributed by atoms with Crippen LogP contribution >= 0.6 is 0 Å². The normalized spacial score (nSPS) is 35.0. The Kier molecular flexibility index (Phi) is 5.08. The van der Waals surface area contributed by atoms with Crippen molar-refractivity contribution in [3.05, 3.63) is 0 Å². The maximum absolute atomic E-state index is 6.19. The van der Waals surface area contributed by atoms with Crippen LogP contribution in [0.4, 0.5) is 0 Å². The third kappa shape index (κ3) is 2.91. The van der Waals surface area contributed by atoms with Gasteiger partial charge in [-0.3, -0.25) is 4.90 Å². The Morgan fingerprint density at radius 3 is 2.17 bits per heavy atom. The van der Waals surface area contributed by atoms with E-state index in [1.54, 1.807) is 0 Å². The highest BCUT2D eigenvalue weighted by atomic mass is 15.2. The largest absolute Gasteiger partial charge is 0.329 e. The summed E-state index contributed by atoms with van der Waals surface area (Å²) in [5, 5.41) is 0. The van der Waals surface area contributed by atoms with Gasteiger partial charge >= 0.3 is 0 Å². The summed E-state index contributed by atoms with van der Waals surface area (Å²) in [7, 11) is 2.36. The number of hydrogen-bond acceptors (Lipinski definition) is 2. The van der Waals surface area contributed by atoms with Crippen LogP contribution in [0, 0.1) is 5.92 Å². The van der Waals surface area contributed by atoms with E-state index in [0.717, 1.165) is 18.5 Å². The molecule has 2 aliphatic carbocycles. The molecule has 2 rings (SSSR count). The van der Waals surface area contributed by atoms with Crippen molar-refractivity contribution >= 4 is 0 Å². The Bertz CT molecular complexity index is 237. The summed E-state index contributed by atoms with van der Waals surface area (Å²) in [6, 6.07) is 0.806. The van der Waals surface area contributed by atoms with E-state index in [2.05, 4.69) is 18.9 Å². The van der Waals surface area contributed by atoms with Gasteiger partial charge in [-0.1, -0.05) is 32.6 Å². The molecule has 0 heterocycles. The summed E-state index contributed by atoms with van der Waals surface area (Å²) in [4.78, 5) is 2.69. The monoisotopic (exact) mass is 252 g/mol. The van der Waals surface area contributed by atoms with Crippen molar-refractivity contribution in [2.24, 2.45) is 11.7 Å². The van der Waals surface area contributed by atoms with Gasteiger partial charge in [0.15, 0.2) is 0 Å². The topological polar surface area (TPSA) is 29.3 Å². The summed E-state index contributed by atoms with van der Waals surface area (Å²) >= 11 is 0. The van der Waals surface area contributed by atoms with Gasteiger partial charge in [-0.15, -0.1) is 0 Å². The lowest BCUT2D eigenvalue weighted by molar-refractivity contribution is 0.0168. The SMILES string of the molecule is CCC1CCC(CN)(N(C)C2CCCCC2)CC1. The molecule has 0 unspecified atom stereocenters. The number of nitrogens with zero attached hydrogens (tertiary/aromatic N) is 1. The van der Waals surface area contributed by atoms with Gasteiger partial charge in [0, 0.05) is 18.1 Å². The van der Waals surface area contributed by atoms with Crippen LogP contribution in [0.25, 0.3) is 0 Å². The first kappa shape index (κ1) is 14.3. The summed E-state index contributed by atoms with van der Waals surface area (Å²) in [6.45, 7) is 3.20. The molecular weight excluding hydrogens is 220 g/mol. The van der Waals surface area contributed by atoms with Gasteiger partial charge in [0.2, 0.25) is 0 Å². The molecule has 0 bridgehead atoms. The number of rotatable bonds is 4. The molecule has 2 nitrogen and oxygen atoms in total. The van der Waals surface area contributed by atoms with E-state index in [-0.39, 0.29) is 0 Å². The molecule has 0 atom stereocenters. The van der Waals surface area contributed by atoms with E-state index in [9.17, 15) is 0 Å². The maximum Gasteiger partial charge on any atom is 0.0331 e. The van der Waals surface area contributed by atoms with Crippen molar-refractivity contribution < 1.29 is 0 Å². The predicted molar refractivity (Wildman–Crippen MR) is 78.7 cm³/mol. The van der Waals surface area contributed by atoms with Crippen LogP contribution in [0.1, 0.15) is 71.1 Å². The Morgan fingerprint density at radius 2 is 1.67 bits per heavy atom. The lowest BCUT2D eigenvalue weighted by Crippen LogP contribution is -2.57. The lowest BCUT2D eigenvalue weighted by Gasteiger charge is -2.50. The van der Waals surface area contributed by atoms with E-state index >= 15 is 0 Å². The van der Waals surface area contributed by atoms with Gasteiger partial charge in [-0.25, -0.2) is 0 Å². The average Bonchev–Trinajstić information content (AvgIpc) is 2.47. The Morgan fingerprint density at radius 1 is 1.06 bits per heavy atom. The quantitative estimate of drug-likeness (QED) is 0.829. The van der Waals surface area contributed by atoms with Crippen molar-refractivity contribution in [2.45, 2.75) is 82.7 Å². The van der Waals surface area contributed by atoms with E-state index in [1.807, 2.05) is 0 Å². The molecule has 2 heteroatoms. The average molecular weight is 252 g/mol. The van der Waals surface area contributed by atoms with E-state index in [1.165, 1.54) is 64.2 Å². The Hall–Kier alpha value is -0.0800. The molecule has 0 aromatic rings. The van der Waals surface area contributed by atoms with Crippen LogP contribution in [-0.2, 0) is 0 Å². The van der Waals surface area contributed by atoms with Crippen molar-refractivity contribution in [2.75, 3.05) is 13.6 Å². The lowest BCUT2D eigenvalue weighted by atomic mass is 9.73. The van der Waals surface area contributed by atoms with Crippen LogP contribution < -0.4 is 5.73 Å². The molecule has 0 amide bonds. The van der Waals surface area contributed by atoms with Gasteiger partial charge in [0.25, 0.3) is 0 Å². The highest BCUT2D eigenvalue weighted by Gasteiger charge is 2.39. The van der Waals surface area contributed by atoms with Crippen LogP contribution in [0.2, 0.25) is 0 Å².